The highest BCUT2D eigenvalue weighted by Gasteiger charge is 2.39. The Morgan fingerprint density at radius 2 is 1.45 bits per heavy atom. The molecule has 0 spiro atoms. The first kappa shape index (κ1) is 29.1. The quantitative estimate of drug-likeness (QED) is 0.308. The highest BCUT2D eigenvalue weighted by Crippen LogP contribution is 2.40. The molecule has 1 aromatic heterocycles. The lowest BCUT2D eigenvalue weighted by atomic mass is 9.77. The number of benzene rings is 3. The minimum Gasteiger partial charge on any atom is -0.548 e. The predicted molar refractivity (Wildman–Crippen MR) is 159 cm³/mol. The number of carboxylic acid groups (broad SMARTS) is 1. The number of rotatable bonds is 9. The maximum Gasteiger partial charge on any atom is 0.407 e. The van der Waals surface area contributed by atoms with E-state index in [1.807, 2.05) is 65.7 Å². The van der Waals surface area contributed by atoms with Crippen LogP contribution in [0.25, 0.3) is 0 Å². The van der Waals surface area contributed by atoms with Crippen LogP contribution in [-0.4, -0.2) is 57.3 Å². The molecule has 0 radical (unpaired) electrons. The summed E-state index contributed by atoms with van der Waals surface area (Å²) in [5.41, 5.74) is 2.46. The molecule has 8 nitrogen and oxygen atoms in total. The van der Waals surface area contributed by atoms with Gasteiger partial charge in [-0.2, -0.15) is 0 Å². The first-order valence-electron chi connectivity index (χ1n) is 14.3. The van der Waals surface area contributed by atoms with Crippen molar-refractivity contribution in [3.63, 3.8) is 0 Å². The number of nitrogens with zero attached hydrogens (tertiary/aromatic N) is 3. The van der Waals surface area contributed by atoms with E-state index in [0.29, 0.717) is 25.2 Å². The zero-order valence-corrected chi connectivity index (χ0v) is 24.3. The lowest BCUT2D eigenvalue weighted by molar-refractivity contribution is -0.311. The van der Waals surface area contributed by atoms with Crippen molar-refractivity contribution in [1.29, 1.82) is 0 Å². The van der Waals surface area contributed by atoms with E-state index >= 15 is 0 Å². The van der Waals surface area contributed by atoms with Gasteiger partial charge in [0, 0.05) is 31.7 Å². The van der Waals surface area contributed by atoms with Crippen LogP contribution in [0, 0.1) is 0 Å². The number of nitrogens with one attached hydrogen (secondary N) is 1. The van der Waals surface area contributed by atoms with Crippen molar-refractivity contribution in [2.24, 2.45) is 0 Å². The van der Waals surface area contributed by atoms with Gasteiger partial charge in [-0.05, 0) is 43.9 Å². The van der Waals surface area contributed by atoms with Crippen LogP contribution >= 0.6 is 0 Å². The molecule has 1 aliphatic heterocycles. The van der Waals surface area contributed by atoms with Gasteiger partial charge in [0.05, 0.1) is 24.0 Å². The molecule has 4 aromatic rings. The molecule has 2 unspecified atom stereocenters. The Morgan fingerprint density at radius 3 is 1.93 bits per heavy atom. The molecule has 1 N–H and O–H groups in total. The average molecular weight is 566 g/mol. The Labute approximate surface area is 247 Å². The van der Waals surface area contributed by atoms with Gasteiger partial charge in [0.15, 0.2) is 0 Å². The van der Waals surface area contributed by atoms with E-state index in [4.69, 9.17) is 9.72 Å². The van der Waals surface area contributed by atoms with Crippen LogP contribution in [0.4, 0.5) is 4.79 Å². The molecule has 1 saturated heterocycles. The molecule has 1 fully saturated rings. The molecule has 1 amide bonds. The molecule has 42 heavy (non-hydrogen) atoms. The minimum atomic E-state index is -1.16. The highest BCUT2D eigenvalue weighted by atomic mass is 16.6. The van der Waals surface area contributed by atoms with Gasteiger partial charge in [-0.15, -0.1) is 0 Å². The van der Waals surface area contributed by atoms with Crippen molar-refractivity contribution in [2.75, 3.05) is 13.1 Å². The fourth-order valence-electron chi connectivity index (χ4n) is 5.86. The number of carboxylic acids is 1. The Morgan fingerprint density at radius 1 is 0.929 bits per heavy atom. The Hall–Kier alpha value is -4.43. The van der Waals surface area contributed by atoms with Crippen molar-refractivity contribution in [3.8, 4) is 0 Å². The fourth-order valence-corrected chi connectivity index (χ4v) is 5.86. The number of likely N-dealkylation sites (tertiary alicyclic amines) is 1. The molecule has 8 heteroatoms. The second-order valence-corrected chi connectivity index (χ2v) is 11.7. The summed E-state index contributed by atoms with van der Waals surface area (Å²) in [6.07, 6.45) is 4.01. The largest absolute Gasteiger partial charge is 0.548 e. The third-order valence-electron chi connectivity index (χ3n) is 7.65. The number of hydrogen-bond donors (Lipinski definition) is 1. The Balaban J connectivity index is 1.45. The van der Waals surface area contributed by atoms with Gasteiger partial charge >= 0.3 is 6.09 Å². The predicted octanol–water partition coefficient (Wildman–Crippen LogP) is 3.98. The SMILES string of the molecule is CC(C)(C)OC(=O)NC1CCN(C(Cc2cn(C(c3ccccc3)(c3ccccc3)c3ccccc3)cn2)C(=O)[O-])C1. The normalized spacial score (nSPS) is 16.6. The Kier molecular flexibility index (Phi) is 8.45. The van der Waals surface area contributed by atoms with Crippen LogP contribution in [0.1, 0.15) is 49.6 Å². The third-order valence-corrected chi connectivity index (χ3v) is 7.65. The third kappa shape index (κ3) is 6.24. The molecule has 5 rings (SSSR count). The van der Waals surface area contributed by atoms with Crippen LogP contribution < -0.4 is 10.4 Å². The highest BCUT2D eigenvalue weighted by molar-refractivity contribution is 5.72. The molecule has 0 saturated carbocycles. The second kappa shape index (κ2) is 12.2. The summed E-state index contributed by atoms with van der Waals surface area (Å²) < 4.78 is 7.45. The lowest BCUT2D eigenvalue weighted by Gasteiger charge is -2.37. The van der Waals surface area contributed by atoms with E-state index in [0.717, 1.165) is 16.7 Å². The first-order chi connectivity index (χ1) is 20.2. The summed E-state index contributed by atoms with van der Waals surface area (Å²) in [6, 6.07) is 29.6. The summed E-state index contributed by atoms with van der Waals surface area (Å²) in [7, 11) is 0. The maximum atomic E-state index is 12.4. The van der Waals surface area contributed by atoms with Gasteiger partial charge in [0.2, 0.25) is 0 Å². The molecular formula is C34H37N4O4-. The van der Waals surface area contributed by atoms with E-state index in [1.165, 1.54) is 0 Å². The summed E-state index contributed by atoms with van der Waals surface area (Å²) in [6.45, 7) is 6.32. The van der Waals surface area contributed by atoms with Crippen molar-refractivity contribution in [3.05, 3.63) is 126 Å². The van der Waals surface area contributed by atoms with Gasteiger partial charge in [0.1, 0.15) is 11.1 Å². The fraction of sp³-hybridized carbons (Fsp3) is 0.324. The number of carbonyl (C=O) groups excluding carboxylic acids is 2. The Bertz CT molecular complexity index is 1390. The average Bonchev–Trinajstić information content (AvgIpc) is 3.63. The van der Waals surface area contributed by atoms with Crippen LogP contribution in [0.15, 0.2) is 104 Å². The van der Waals surface area contributed by atoms with E-state index in [2.05, 4.69) is 46.3 Å². The first-order valence-corrected chi connectivity index (χ1v) is 14.3. The molecule has 1 aliphatic rings. The zero-order valence-electron chi connectivity index (χ0n) is 24.3. The molecule has 218 valence electrons. The summed E-state index contributed by atoms with van der Waals surface area (Å²) in [5, 5.41) is 15.2. The molecule has 0 bridgehead atoms. The number of alkyl carbamates (subject to hydrolysis) is 1. The standard InChI is InChI=1S/C34H38N4O4/c1-33(2,3)42-32(41)36-28-19-20-37(22-28)30(31(39)40)21-29-23-38(24-35-29)34(25-13-7-4-8-14-25,26-15-9-5-10-16-26)27-17-11-6-12-18-27/h4-18,23-24,28,30H,19-22H2,1-3H3,(H,36,41)(H,39,40)/p-1. The van der Waals surface area contributed by atoms with Gasteiger partial charge in [-0.25, -0.2) is 9.78 Å². The van der Waals surface area contributed by atoms with E-state index in [1.54, 1.807) is 27.1 Å². The molecule has 3 aromatic carbocycles. The van der Waals surface area contributed by atoms with Gasteiger partial charge < -0.3 is 24.5 Å². The van der Waals surface area contributed by atoms with Crippen molar-refractivity contribution >= 4 is 12.1 Å². The maximum absolute atomic E-state index is 12.4. The molecular weight excluding hydrogens is 528 g/mol. The number of aromatic nitrogens is 2. The number of aliphatic carboxylic acids is 1. The van der Waals surface area contributed by atoms with Gasteiger partial charge in [-0.3, -0.25) is 4.90 Å². The van der Waals surface area contributed by atoms with Crippen molar-refractivity contribution in [1.82, 2.24) is 19.8 Å². The van der Waals surface area contributed by atoms with Crippen molar-refractivity contribution in [2.45, 2.75) is 56.8 Å². The number of carbonyl (C=O) groups is 2. The van der Waals surface area contributed by atoms with Gasteiger partial charge in [0.25, 0.3) is 0 Å². The van der Waals surface area contributed by atoms with Gasteiger partial charge in [-0.1, -0.05) is 91.0 Å². The molecule has 2 heterocycles. The summed E-state index contributed by atoms with van der Waals surface area (Å²) >= 11 is 0. The lowest BCUT2D eigenvalue weighted by Crippen LogP contribution is -2.50. The second-order valence-electron chi connectivity index (χ2n) is 11.7. The smallest absolute Gasteiger partial charge is 0.407 e. The number of imidazole rings is 1. The van der Waals surface area contributed by atoms with E-state index in [-0.39, 0.29) is 12.5 Å². The molecule has 0 aliphatic carbocycles. The van der Waals surface area contributed by atoms with E-state index < -0.39 is 29.2 Å². The monoisotopic (exact) mass is 565 g/mol. The number of ether oxygens (including phenoxy) is 1. The molecule has 2 atom stereocenters. The van der Waals surface area contributed by atoms with Crippen LogP contribution in [0.2, 0.25) is 0 Å². The van der Waals surface area contributed by atoms with Crippen LogP contribution in [0.5, 0.6) is 0 Å². The number of hydrogen-bond acceptors (Lipinski definition) is 6. The summed E-state index contributed by atoms with van der Waals surface area (Å²) in [4.78, 5) is 31.2. The minimum absolute atomic E-state index is 0.170. The van der Waals surface area contributed by atoms with Crippen LogP contribution in [-0.2, 0) is 21.5 Å². The number of amides is 1. The summed E-state index contributed by atoms with van der Waals surface area (Å²) in [5.74, 6) is -1.16. The topological polar surface area (TPSA) is 99.5 Å². The van der Waals surface area contributed by atoms with Crippen molar-refractivity contribution < 1.29 is 19.4 Å². The zero-order chi connectivity index (χ0) is 29.7. The van der Waals surface area contributed by atoms with E-state index in [9.17, 15) is 14.7 Å². The van der Waals surface area contributed by atoms with Crippen LogP contribution in [0.3, 0.4) is 0 Å².